The van der Waals surface area contributed by atoms with Gasteiger partial charge in [0.25, 0.3) is 0 Å². The maximum atomic E-state index is 6.50. The summed E-state index contributed by atoms with van der Waals surface area (Å²) in [5, 5.41) is 0. The van der Waals surface area contributed by atoms with E-state index in [0.717, 1.165) is 31.8 Å². The van der Waals surface area contributed by atoms with E-state index < -0.39 is 5.69 Å². The van der Waals surface area contributed by atoms with Crippen LogP contribution in [0.15, 0.2) is 0 Å². The summed E-state index contributed by atoms with van der Waals surface area (Å²) in [6.07, 6.45) is 76.4. The largest absolute Gasteiger partial charge is 0.322 e. The Kier molecular flexibility index (Phi) is 60.1. The summed E-state index contributed by atoms with van der Waals surface area (Å²) in [7, 11) is 0. The maximum Gasteiger partial charge on any atom is 0.247 e. The van der Waals surface area contributed by atoms with Crippen LogP contribution < -0.4 is 0 Å². The van der Waals surface area contributed by atoms with Crippen LogP contribution in [0.4, 0.5) is 0 Å². The Balaban J connectivity index is 4.08. The molecule has 392 valence electrons. The van der Waals surface area contributed by atoms with Crippen LogP contribution in [-0.4, -0.2) is 19.0 Å². The molecule has 2 nitrogen and oxygen atoms in total. The summed E-state index contributed by atoms with van der Waals surface area (Å²) in [5.41, 5.74) is -2.25. The van der Waals surface area contributed by atoms with E-state index in [2.05, 4.69) is 20.8 Å². The SMILES string of the molecule is CCCCCCCCCCCCCCCCCCCCOP(=S)(OCCCCCCCCCCCCCCCCCCCC)SCCCCCCCCCCCCCCCCCCCC. The molecular weight excluding hydrogens is 848 g/mol. The minimum absolute atomic E-state index is 0.793. The smallest absolute Gasteiger partial charge is 0.247 e. The van der Waals surface area contributed by atoms with Gasteiger partial charge in [-0.2, -0.15) is 0 Å². The lowest BCUT2D eigenvalue weighted by molar-refractivity contribution is 0.249. The average Bonchev–Trinajstić information content (AvgIpc) is 3.31. The van der Waals surface area contributed by atoms with E-state index in [9.17, 15) is 0 Å². The fraction of sp³-hybridized carbons (Fsp3) is 1.00. The van der Waals surface area contributed by atoms with Crippen LogP contribution in [0.2, 0.25) is 0 Å². The third kappa shape index (κ3) is 57.4. The molecule has 0 bridgehead atoms. The van der Waals surface area contributed by atoms with Gasteiger partial charge in [-0.15, -0.1) is 0 Å². The van der Waals surface area contributed by atoms with Crippen molar-refractivity contribution >= 4 is 28.9 Å². The average molecular weight is 972 g/mol. The van der Waals surface area contributed by atoms with Crippen molar-refractivity contribution in [2.24, 2.45) is 0 Å². The first-order chi connectivity index (χ1) is 32.2. The maximum absolute atomic E-state index is 6.50. The molecule has 0 unspecified atom stereocenters. The van der Waals surface area contributed by atoms with Crippen molar-refractivity contribution in [2.45, 2.75) is 367 Å². The van der Waals surface area contributed by atoms with Gasteiger partial charge in [-0.3, -0.25) is 0 Å². The van der Waals surface area contributed by atoms with Gasteiger partial charge >= 0.3 is 0 Å². The molecule has 0 atom stereocenters. The van der Waals surface area contributed by atoms with Crippen LogP contribution in [0.1, 0.15) is 367 Å². The third-order valence-corrected chi connectivity index (χ3v) is 19.7. The van der Waals surface area contributed by atoms with Crippen LogP contribution in [0, 0.1) is 0 Å². The van der Waals surface area contributed by atoms with Gasteiger partial charge in [0.2, 0.25) is 5.69 Å². The van der Waals surface area contributed by atoms with E-state index in [4.69, 9.17) is 20.9 Å². The molecule has 0 saturated heterocycles. The van der Waals surface area contributed by atoms with Crippen LogP contribution in [0.5, 0.6) is 0 Å². The van der Waals surface area contributed by atoms with E-state index in [0.29, 0.717) is 0 Å². The minimum atomic E-state index is -2.25. The van der Waals surface area contributed by atoms with Gasteiger partial charge < -0.3 is 9.05 Å². The molecule has 0 aliphatic carbocycles. The van der Waals surface area contributed by atoms with Crippen LogP contribution in [0.3, 0.4) is 0 Å². The normalized spacial score (nSPS) is 12.0. The zero-order valence-electron chi connectivity index (χ0n) is 45.4. The molecule has 0 aliphatic rings. The highest BCUT2D eigenvalue weighted by molar-refractivity contribution is 8.67. The van der Waals surface area contributed by atoms with E-state index in [1.54, 1.807) is 0 Å². The summed E-state index contributed by atoms with van der Waals surface area (Å²) < 4.78 is 13.0. The molecule has 0 fully saturated rings. The van der Waals surface area contributed by atoms with Crippen molar-refractivity contribution in [2.75, 3.05) is 19.0 Å². The zero-order valence-corrected chi connectivity index (χ0v) is 47.9. The highest BCUT2D eigenvalue weighted by Crippen LogP contribution is 2.61. The van der Waals surface area contributed by atoms with E-state index in [1.165, 1.54) is 334 Å². The molecule has 0 aromatic rings. The van der Waals surface area contributed by atoms with Gasteiger partial charge in [-0.1, -0.05) is 360 Å². The van der Waals surface area contributed by atoms with Crippen LogP contribution in [0.25, 0.3) is 0 Å². The van der Waals surface area contributed by atoms with E-state index in [-0.39, 0.29) is 0 Å². The molecule has 0 spiro atoms. The number of hydrogen-bond donors (Lipinski definition) is 0. The van der Waals surface area contributed by atoms with Crippen LogP contribution >= 0.6 is 17.1 Å². The molecular formula is C60H123O2PS2. The van der Waals surface area contributed by atoms with Crippen molar-refractivity contribution in [1.82, 2.24) is 0 Å². The summed E-state index contributed by atoms with van der Waals surface area (Å²) in [6, 6.07) is 0. The molecule has 0 aromatic carbocycles. The molecule has 0 saturated carbocycles. The second kappa shape index (κ2) is 59.2. The second-order valence-electron chi connectivity index (χ2n) is 21.0. The zero-order chi connectivity index (χ0) is 46.9. The Morgan fingerprint density at radius 2 is 0.385 bits per heavy atom. The summed E-state index contributed by atoms with van der Waals surface area (Å²) in [4.78, 5) is 0. The number of unbranched alkanes of at least 4 members (excludes halogenated alkanes) is 51. The number of rotatable bonds is 60. The lowest BCUT2D eigenvalue weighted by Gasteiger charge is -2.21. The van der Waals surface area contributed by atoms with Gasteiger partial charge in [-0.25, -0.2) is 0 Å². The van der Waals surface area contributed by atoms with Gasteiger partial charge in [0.15, 0.2) is 0 Å². The van der Waals surface area contributed by atoms with Crippen molar-refractivity contribution in [3.8, 4) is 0 Å². The molecule has 0 heterocycles. The molecule has 5 heteroatoms. The Labute approximate surface area is 422 Å². The van der Waals surface area contributed by atoms with Gasteiger partial charge in [0.05, 0.1) is 13.2 Å². The van der Waals surface area contributed by atoms with Crippen molar-refractivity contribution in [3.05, 3.63) is 0 Å². The Bertz CT molecular complexity index is 776. The highest BCUT2D eigenvalue weighted by atomic mass is 32.9. The molecule has 0 N–H and O–H groups in total. The standard InChI is InChI=1S/C60H123O2PS2/c1-4-7-10-13-16-19-22-25-28-31-34-37-40-43-46-49-52-55-58-61-63(64,62-59-56-53-50-47-44-41-38-35-32-29-26-23-20-17-14-11-8-5-2)65-60-57-54-51-48-45-42-39-36-33-30-27-24-21-18-15-12-9-6-3/h4-60H2,1-3H3. The monoisotopic (exact) mass is 971 g/mol. The second-order valence-corrected chi connectivity index (χ2v) is 27.4. The lowest BCUT2D eigenvalue weighted by atomic mass is 10.0. The topological polar surface area (TPSA) is 18.5 Å². The summed E-state index contributed by atoms with van der Waals surface area (Å²) in [6.45, 7) is 8.52. The molecule has 0 aromatic heterocycles. The van der Waals surface area contributed by atoms with Crippen molar-refractivity contribution in [3.63, 3.8) is 0 Å². The fourth-order valence-electron chi connectivity index (χ4n) is 9.65. The van der Waals surface area contributed by atoms with Gasteiger partial charge in [-0.05, 0) is 31.1 Å². The Morgan fingerprint density at radius 3 is 0.569 bits per heavy atom. The molecule has 0 amide bonds. The predicted molar refractivity (Wildman–Crippen MR) is 305 cm³/mol. The summed E-state index contributed by atoms with van der Waals surface area (Å²) >= 11 is 8.06. The molecule has 0 rings (SSSR count). The van der Waals surface area contributed by atoms with Crippen molar-refractivity contribution in [1.29, 1.82) is 0 Å². The molecule has 0 radical (unpaired) electrons. The lowest BCUT2D eigenvalue weighted by Crippen LogP contribution is -1.98. The first-order valence-corrected chi connectivity index (χ1v) is 34.9. The van der Waals surface area contributed by atoms with Gasteiger partial charge in [0.1, 0.15) is 0 Å². The van der Waals surface area contributed by atoms with Crippen molar-refractivity contribution < 1.29 is 9.05 Å². The Morgan fingerprint density at radius 1 is 0.231 bits per heavy atom. The third-order valence-electron chi connectivity index (χ3n) is 14.2. The minimum Gasteiger partial charge on any atom is -0.322 e. The van der Waals surface area contributed by atoms with Gasteiger partial charge in [0, 0.05) is 5.75 Å². The predicted octanol–water partition coefficient (Wildman–Crippen LogP) is 24.1. The summed E-state index contributed by atoms with van der Waals surface area (Å²) in [5.74, 6) is 1.11. The Hall–Kier alpha value is 0.920. The molecule has 65 heavy (non-hydrogen) atoms. The first-order valence-electron chi connectivity index (χ1n) is 30.7. The fourth-order valence-corrected chi connectivity index (χ4v) is 14.2. The molecule has 0 aliphatic heterocycles. The van der Waals surface area contributed by atoms with Crippen LogP contribution in [-0.2, 0) is 20.9 Å². The quantitative estimate of drug-likeness (QED) is 0.0446. The number of hydrogen-bond acceptors (Lipinski definition) is 4. The van der Waals surface area contributed by atoms with E-state index in [1.807, 2.05) is 11.4 Å². The highest BCUT2D eigenvalue weighted by Gasteiger charge is 2.19. The first kappa shape index (κ1) is 65.9. The van der Waals surface area contributed by atoms with E-state index >= 15 is 0 Å².